The Morgan fingerprint density at radius 3 is 1.60 bits per heavy atom. The average Bonchev–Trinajstić information content (AvgIpc) is 3.15. The van der Waals surface area contributed by atoms with Gasteiger partial charge in [-0.3, -0.25) is 0 Å². The van der Waals surface area contributed by atoms with Gasteiger partial charge in [0.05, 0.1) is 0 Å². The Morgan fingerprint density at radius 1 is 0.340 bits per heavy atom. The number of aromatic nitrogens is 3. The second-order valence-electron chi connectivity index (χ2n) is 12.0. The van der Waals surface area contributed by atoms with Gasteiger partial charge in [-0.1, -0.05) is 127 Å². The van der Waals surface area contributed by atoms with Gasteiger partial charge in [0.1, 0.15) is 11.5 Å². The number of ether oxygens (including phenoxy) is 1. The Labute approximate surface area is 270 Å². The standard InChI is InChI=1S/C43H25N3O/c1-2-10-27(11-3-1)41-44-42(28-20-22-34-32-16-5-4-14-30(32)31-15-6-7-17-33(31)37(34)24-28)46-43(45-41)29-21-23-35-36-18-8-12-26-13-9-19-38(40(26)36)47-39(35)25-29/h1-25H. The van der Waals surface area contributed by atoms with Gasteiger partial charge in [-0.2, -0.15) is 0 Å². The molecule has 0 bridgehead atoms. The summed E-state index contributed by atoms with van der Waals surface area (Å²) in [7, 11) is 0. The van der Waals surface area contributed by atoms with Gasteiger partial charge in [0.15, 0.2) is 17.5 Å². The van der Waals surface area contributed by atoms with Crippen LogP contribution in [0.15, 0.2) is 152 Å². The SMILES string of the molecule is c1ccc(-c2nc(-c3ccc4c(c3)Oc3cccc5cccc-4c35)nc(-c3ccc4c5ccccc5c5ccccc5c4c3)n2)cc1. The molecule has 10 rings (SSSR count). The van der Waals surface area contributed by atoms with Gasteiger partial charge in [-0.15, -0.1) is 0 Å². The molecule has 47 heavy (non-hydrogen) atoms. The maximum Gasteiger partial charge on any atom is 0.164 e. The van der Waals surface area contributed by atoms with Gasteiger partial charge in [0, 0.05) is 27.6 Å². The molecule has 0 amide bonds. The van der Waals surface area contributed by atoms with Gasteiger partial charge >= 0.3 is 0 Å². The second kappa shape index (κ2) is 10.1. The van der Waals surface area contributed by atoms with E-state index < -0.39 is 0 Å². The Balaban J connectivity index is 1.17. The largest absolute Gasteiger partial charge is 0.456 e. The van der Waals surface area contributed by atoms with Gasteiger partial charge in [-0.05, 0) is 67.5 Å². The van der Waals surface area contributed by atoms with Gasteiger partial charge in [0.25, 0.3) is 0 Å². The molecule has 0 fully saturated rings. The van der Waals surface area contributed by atoms with Crippen molar-refractivity contribution in [3.63, 3.8) is 0 Å². The van der Waals surface area contributed by atoms with E-state index in [9.17, 15) is 0 Å². The van der Waals surface area contributed by atoms with E-state index in [0.717, 1.165) is 39.1 Å². The maximum atomic E-state index is 6.49. The zero-order valence-electron chi connectivity index (χ0n) is 25.2. The fourth-order valence-corrected chi connectivity index (χ4v) is 7.10. The van der Waals surface area contributed by atoms with Crippen LogP contribution in [0, 0.1) is 0 Å². The number of hydrogen-bond donors (Lipinski definition) is 0. The Hall–Kier alpha value is -6.39. The zero-order chi connectivity index (χ0) is 30.9. The molecule has 2 heterocycles. The Kier molecular flexibility index (Phi) is 5.54. The van der Waals surface area contributed by atoms with Crippen molar-refractivity contribution < 1.29 is 4.74 Å². The van der Waals surface area contributed by atoms with Crippen LogP contribution in [0.1, 0.15) is 0 Å². The minimum absolute atomic E-state index is 0.598. The van der Waals surface area contributed by atoms with Crippen molar-refractivity contribution in [2.45, 2.75) is 0 Å². The normalized spacial score (nSPS) is 12.0. The average molecular weight is 600 g/mol. The molecule has 1 aromatic heterocycles. The van der Waals surface area contributed by atoms with Gasteiger partial charge < -0.3 is 4.74 Å². The molecule has 1 aliphatic rings. The van der Waals surface area contributed by atoms with Crippen LogP contribution in [0.2, 0.25) is 0 Å². The molecule has 0 atom stereocenters. The molecule has 0 saturated carbocycles. The van der Waals surface area contributed by atoms with Gasteiger partial charge in [0.2, 0.25) is 0 Å². The van der Waals surface area contributed by atoms with Crippen LogP contribution in [0.5, 0.6) is 11.5 Å². The zero-order valence-corrected chi connectivity index (χ0v) is 25.2. The predicted octanol–water partition coefficient (Wildman–Crippen LogP) is 11.3. The quantitative estimate of drug-likeness (QED) is 0.190. The van der Waals surface area contributed by atoms with Crippen molar-refractivity contribution in [1.82, 2.24) is 15.0 Å². The van der Waals surface area contributed by atoms with Gasteiger partial charge in [-0.25, -0.2) is 15.0 Å². The Morgan fingerprint density at radius 2 is 0.894 bits per heavy atom. The molecule has 8 aromatic carbocycles. The van der Waals surface area contributed by atoms with Crippen LogP contribution in [0.4, 0.5) is 0 Å². The number of benzene rings is 8. The van der Waals surface area contributed by atoms with E-state index >= 15 is 0 Å². The summed E-state index contributed by atoms with van der Waals surface area (Å²) < 4.78 is 6.49. The second-order valence-corrected chi connectivity index (χ2v) is 12.0. The van der Waals surface area contributed by atoms with Crippen LogP contribution >= 0.6 is 0 Å². The fraction of sp³-hybridized carbons (Fsp3) is 0. The monoisotopic (exact) mass is 599 g/mol. The van der Waals surface area contributed by atoms with Crippen molar-refractivity contribution in [2.24, 2.45) is 0 Å². The molecule has 4 heteroatoms. The highest BCUT2D eigenvalue weighted by molar-refractivity contribution is 6.25. The molecule has 0 saturated heterocycles. The summed E-state index contributed by atoms with van der Waals surface area (Å²) in [5.41, 5.74) is 4.97. The lowest BCUT2D eigenvalue weighted by Crippen LogP contribution is -2.01. The summed E-state index contributed by atoms with van der Waals surface area (Å²) in [6.45, 7) is 0. The molecule has 0 spiro atoms. The van der Waals surface area contributed by atoms with E-state index in [2.05, 4.69) is 109 Å². The van der Waals surface area contributed by atoms with E-state index in [-0.39, 0.29) is 0 Å². The first kappa shape index (κ1) is 25.9. The van der Waals surface area contributed by atoms with E-state index in [4.69, 9.17) is 19.7 Å². The lowest BCUT2D eigenvalue weighted by molar-refractivity contribution is 0.487. The molecular formula is C43H25N3O. The van der Waals surface area contributed by atoms with Crippen LogP contribution in [0.25, 0.3) is 88.4 Å². The number of fused-ring (bicyclic) bond motifs is 8. The predicted molar refractivity (Wildman–Crippen MR) is 192 cm³/mol. The first-order valence-electron chi connectivity index (χ1n) is 15.8. The summed E-state index contributed by atoms with van der Waals surface area (Å²) in [5.74, 6) is 3.51. The summed E-state index contributed by atoms with van der Waals surface area (Å²) in [6.07, 6.45) is 0. The molecule has 218 valence electrons. The van der Waals surface area contributed by atoms with Crippen LogP contribution < -0.4 is 4.74 Å². The molecule has 0 radical (unpaired) electrons. The number of rotatable bonds is 3. The molecule has 1 aliphatic heterocycles. The van der Waals surface area contributed by atoms with Crippen LogP contribution in [0.3, 0.4) is 0 Å². The smallest absolute Gasteiger partial charge is 0.164 e. The first-order valence-corrected chi connectivity index (χ1v) is 15.8. The molecule has 4 nitrogen and oxygen atoms in total. The van der Waals surface area contributed by atoms with Crippen molar-refractivity contribution in [3.05, 3.63) is 152 Å². The molecule has 9 aromatic rings. The maximum absolute atomic E-state index is 6.49. The van der Waals surface area contributed by atoms with Crippen molar-refractivity contribution >= 4 is 43.1 Å². The first-order chi connectivity index (χ1) is 23.3. The van der Waals surface area contributed by atoms with Crippen molar-refractivity contribution in [1.29, 1.82) is 0 Å². The van der Waals surface area contributed by atoms with E-state index in [0.29, 0.717) is 17.5 Å². The van der Waals surface area contributed by atoms with E-state index in [1.807, 2.05) is 42.5 Å². The van der Waals surface area contributed by atoms with Crippen molar-refractivity contribution in [2.75, 3.05) is 0 Å². The lowest BCUT2D eigenvalue weighted by Gasteiger charge is -2.21. The number of hydrogen-bond acceptors (Lipinski definition) is 4. The molecular weight excluding hydrogens is 574 g/mol. The third kappa shape index (κ3) is 4.05. The Bertz CT molecular complexity index is 2680. The minimum Gasteiger partial charge on any atom is -0.456 e. The van der Waals surface area contributed by atoms with E-state index in [1.54, 1.807) is 0 Å². The molecule has 0 unspecified atom stereocenters. The number of nitrogens with zero attached hydrogens (tertiary/aromatic N) is 3. The lowest BCUT2D eigenvalue weighted by atomic mass is 9.93. The highest BCUT2D eigenvalue weighted by atomic mass is 16.5. The third-order valence-electron chi connectivity index (χ3n) is 9.29. The highest BCUT2D eigenvalue weighted by Crippen LogP contribution is 2.47. The summed E-state index contributed by atoms with van der Waals surface area (Å²) >= 11 is 0. The summed E-state index contributed by atoms with van der Waals surface area (Å²) in [5, 5.41) is 9.63. The molecule has 0 aliphatic carbocycles. The van der Waals surface area contributed by atoms with Crippen molar-refractivity contribution in [3.8, 4) is 56.8 Å². The summed E-state index contributed by atoms with van der Waals surface area (Å²) in [6, 6.07) is 52.7. The van der Waals surface area contributed by atoms with E-state index in [1.165, 1.54) is 43.3 Å². The highest BCUT2D eigenvalue weighted by Gasteiger charge is 2.22. The van der Waals surface area contributed by atoms with Crippen LogP contribution in [-0.4, -0.2) is 15.0 Å². The topological polar surface area (TPSA) is 47.9 Å². The fourth-order valence-electron chi connectivity index (χ4n) is 7.10. The van der Waals surface area contributed by atoms with Crippen LogP contribution in [-0.2, 0) is 0 Å². The minimum atomic E-state index is 0.598. The summed E-state index contributed by atoms with van der Waals surface area (Å²) in [4.78, 5) is 15.1. The third-order valence-corrected chi connectivity index (χ3v) is 9.29. The molecule has 0 N–H and O–H groups in total.